The van der Waals surface area contributed by atoms with Gasteiger partial charge >= 0.3 is 0 Å². The van der Waals surface area contributed by atoms with Gasteiger partial charge in [-0.1, -0.05) is 0 Å². The molecule has 0 heterocycles. The molecule has 0 aliphatic carbocycles. The van der Waals surface area contributed by atoms with Gasteiger partial charge in [-0.15, -0.1) is 0 Å². The molecule has 10 heavy (non-hydrogen) atoms. The molecule has 0 aromatic heterocycles. The largest absolute Gasteiger partial charge is 0.418 e. The van der Waals surface area contributed by atoms with Crippen molar-refractivity contribution in [2.24, 2.45) is 0 Å². The Morgan fingerprint density at radius 1 is 1.70 bits per heavy atom. The fraction of sp³-hybridized carbons (Fsp3) is 0.667. The van der Waals surface area contributed by atoms with Crippen molar-refractivity contribution in [3.63, 3.8) is 0 Å². The molecule has 0 aliphatic rings. The van der Waals surface area contributed by atoms with E-state index in [4.69, 9.17) is 9.76 Å². The lowest BCUT2D eigenvalue weighted by Gasteiger charge is -1.95. The van der Waals surface area contributed by atoms with Crippen LogP contribution in [0.3, 0.4) is 0 Å². The second-order valence-corrected chi connectivity index (χ2v) is 3.45. The molecule has 2 N–H and O–H groups in total. The van der Waals surface area contributed by atoms with Crippen molar-refractivity contribution in [3.05, 3.63) is 5.21 Å². The highest BCUT2D eigenvalue weighted by Crippen LogP contribution is 1.91. The van der Waals surface area contributed by atoms with E-state index in [1.807, 2.05) is 0 Å². The summed E-state index contributed by atoms with van der Waals surface area (Å²) in [5, 5.41) is 16.3. The van der Waals surface area contributed by atoms with Gasteiger partial charge in [-0.25, -0.2) is 0 Å². The molecular formula is C3H7NO5S. The lowest BCUT2D eigenvalue weighted by atomic mass is 10.5. The highest BCUT2D eigenvalue weighted by atomic mass is 32.2. The highest BCUT2D eigenvalue weighted by molar-refractivity contribution is 7.87. The Labute approximate surface area is 57.7 Å². The first kappa shape index (κ1) is 9.18. The van der Waals surface area contributed by atoms with Gasteiger partial charge in [-0.05, 0) is 6.92 Å². The number of hydrogen-bond donors (Lipinski definition) is 2. The van der Waals surface area contributed by atoms with Crippen LogP contribution in [0, 0.1) is 5.21 Å². The predicted octanol–water partition coefficient (Wildman–Crippen LogP) is -0.767. The summed E-state index contributed by atoms with van der Waals surface area (Å²) in [5.74, 6) is 0. The normalized spacial score (nSPS) is 16.8. The van der Waals surface area contributed by atoms with Gasteiger partial charge in [0.05, 0.1) is 0 Å². The average molecular weight is 169 g/mol. The van der Waals surface area contributed by atoms with E-state index in [1.165, 1.54) is 0 Å². The van der Waals surface area contributed by atoms with E-state index >= 15 is 0 Å². The van der Waals surface area contributed by atoms with Gasteiger partial charge in [-0.2, -0.15) is 8.42 Å². The Kier molecular flexibility index (Phi) is 2.61. The maximum absolute atomic E-state index is 10.1. The minimum absolute atomic E-state index is 0.412. The van der Waals surface area contributed by atoms with Crippen molar-refractivity contribution >= 4 is 16.3 Å². The second kappa shape index (κ2) is 2.84. The van der Waals surface area contributed by atoms with E-state index in [9.17, 15) is 13.6 Å². The molecular weight excluding hydrogens is 162 g/mol. The van der Waals surface area contributed by atoms with Gasteiger partial charge in [0.25, 0.3) is 10.1 Å². The fourth-order valence-electron chi connectivity index (χ4n) is 0.256. The first-order valence-corrected chi connectivity index (χ1v) is 3.81. The fourth-order valence-corrected chi connectivity index (χ4v) is 0.514. The van der Waals surface area contributed by atoms with E-state index < -0.39 is 20.3 Å². The van der Waals surface area contributed by atoms with Crippen molar-refractivity contribution in [2.45, 2.75) is 12.2 Å². The lowest BCUT2D eigenvalue weighted by molar-refractivity contribution is -0.723. The molecule has 1 unspecified atom stereocenters. The van der Waals surface area contributed by atoms with Crippen LogP contribution in [0.1, 0.15) is 6.92 Å². The Hall–Kier alpha value is -0.820. The van der Waals surface area contributed by atoms with E-state index in [1.54, 1.807) is 0 Å². The molecule has 0 saturated heterocycles. The molecule has 60 valence electrons. The van der Waals surface area contributed by atoms with Crippen molar-refractivity contribution < 1.29 is 23.1 Å². The van der Waals surface area contributed by atoms with Crippen LogP contribution >= 0.6 is 0 Å². The van der Waals surface area contributed by atoms with Crippen LogP contribution in [0.15, 0.2) is 0 Å². The Morgan fingerprint density at radius 2 is 2.10 bits per heavy atom. The predicted molar refractivity (Wildman–Crippen MR) is 32.5 cm³/mol. The van der Waals surface area contributed by atoms with Crippen molar-refractivity contribution in [1.29, 1.82) is 0 Å². The van der Waals surface area contributed by atoms with Gasteiger partial charge in [0.1, 0.15) is 0 Å². The van der Waals surface area contributed by atoms with Crippen LogP contribution in [0.2, 0.25) is 0 Å². The van der Waals surface area contributed by atoms with Crippen molar-refractivity contribution in [3.8, 4) is 0 Å². The van der Waals surface area contributed by atoms with Crippen LogP contribution < -0.4 is 0 Å². The molecule has 0 aliphatic heterocycles. The lowest BCUT2D eigenvalue weighted by Crippen LogP contribution is -2.21. The first-order chi connectivity index (χ1) is 4.34. The van der Waals surface area contributed by atoms with Gasteiger partial charge in [-0.3, -0.25) is 9.76 Å². The van der Waals surface area contributed by atoms with Crippen molar-refractivity contribution in [1.82, 2.24) is 0 Å². The van der Waals surface area contributed by atoms with Gasteiger partial charge in [0.15, 0.2) is 5.25 Å². The maximum Gasteiger partial charge on any atom is 0.277 e. The minimum Gasteiger partial charge on any atom is -0.418 e. The minimum atomic E-state index is -4.26. The first-order valence-electron chi connectivity index (χ1n) is 2.30. The molecule has 0 fully saturated rings. The summed E-state index contributed by atoms with van der Waals surface area (Å²) in [5.41, 5.74) is 0. The SMILES string of the molecule is CC(C=[N+]([O-])O)S(=O)(=O)O. The monoisotopic (exact) mass is 169 g/mol. The molecule has 1 atom stereocenters. The summed E-state index contributed by atoms with van der Waals surface area (Å²) < 4.78 is 28.4. The Bertz CT molecular complexity index is 225. The van der Waals surface area contributed by atoms with E-state index in [0.717, 1.165) is 6.92 Å². The zero-order valence-corrected chi connectivity index (χ0v) is 5.95. The van der Waals surface area contributed by atoms with Gasteiger partial charge in [0, 0.05) is 4.90 Å². The third-order valence-corrected chi connectivity index (χ3v) is 1.87. The second-order valence-electron chi connectivity index (χ2n) is 1.67. The van der Waals surface area contributed by atoms with Crippen molar-refractivity contribution in [2.75, 3.05) is 0 Å². The van der Waals surface area contributed by atoms with Crippen LogP contribution in [0.5, 0.6) is 0 Å². The third-order valence-electron chi connectivity index (χ3n) is 0.807. The summed E-state index contributed by atoms with van der Waals surface area (Å²) in [6.45, 7) is 1.05. The summed E-state index contributed by atoms with van der Waals surface area (Å²) in [6.07, 6.45) is 0.412. The highest BCUT2D eigenvalue weighted by Gasteiger charge is 2.18. The molecule has 0 amide bonds. The summed E-state index contributed by atoms with van der Waals surface area (Å²) in [6, 6.07) is 0. The number of hydrogen-bond acceptors (Lipinski definition) is 4. The molecule has 0 bridgehead atoms. The van der Waals surface area contributed by atoms with E-state index in [2.05, 4.69) is 0 Å². The Balaban J connectivity index is 4.42. The average Bonchev–Trinajstić information content (AvgIpc) is 1.60. The molecule has 0 spiro atoms. The van der Waals surface area contributed by atoms with Crippen LogP contribution in [0.4, 0.5) is 0 Å². The van der Waals surface area contributed by atoms with E-state index in [0.29, 0.717) is 6.21 Å². The van der Waals surface area contributed by atoms with Crippen LogP contribution in [-0.2, 0) is 10.1 Å². The summed E-state index contributed by atoms with van der Waals surface area (Å²) in [4.78, 5) is -0.668. The molecule has 7 heteroatoms. The Morgan fingerprint density at radius 3 is 2.20 bits per heavy atom. The van der Waals surface area contributed by atoms with Gasteiger partial charge in [0.2, 0.25) is 6.21 Å². The molecule has 0 aromatic rings. The van der Waals surface area contributed by atoms with Gasteiger partial charge < -0.3 is 5.21 Å². The smallest absolute Gasteiger partial charge is 0.277 e. The summed E-state index contributed by atoms with van der Waals surface area (Å²) >= 11 is 0. The molecule has 0 saturated carbocycles. The molecule has 0 radical (unpaired) electrons. The van der Waals surface area contributed by atoms with Crippen LogP contribution in [-0.4, -0.2) is 34.5 Å². The standard InChI is InChI=1S/C3H7NO5S/c1-3(2-4(5)6)10(7,8)9/h2-3H,1H3,(H,5,6)(H,7,8,9). The quantitative estimate of drug-likeness (QED) is 0.186. The zero-order valence-electron chi connectivity index (χ0n) is 5.13. The zero-order chi connectivity index (χ0) is 8.36. The maximum atomic E-state index is 10.1. The van der Waals surface area contributed by atoms with Crippen LogP contribution in [0.25, 0.3) is 0 Å². The third kappa shape index (κ3) is 3.25. The molecule has 6 nitrogen and oxygen atoms in total. The molecule has 0 rings (SSSR count). The number of nitrogens with zero attached hydrogens (tertiary/aromatic N) is 1. The summed E-state index contributed by atoms with van der Waals surface area (Å²) in [7, 11) is -4.26. The molecule has 0 aromatic carbocycles. The topological polar surface area (TPSA) is 101 Å². The van der Waals surface area contributed by atoms with E-state index in [-0.39, 0.29) is 0 Å². The number of rotatable bonds is 2.